The number of halogens is 1. The molecule has 0 radical (unpaired) electrons. The maximum atomic E-state index is 6.21. The summed E-state index contributed by atoms with van der Waals surface area (Å²) >= 11 is 6.21. The molecule has 1 saturated heterocycles. The van der Waals surface area contributed by atoms with E-state index < -0.39 is 0 Å². The Kier molecular flexibility index (Phi) is 3.78. The lowest BCUT2D eigenvalue weighted by Gasteiger charge is -2.32. The molecule has 1 N–H and O–H groups in total. The van der Waals surface area contributed by atoms with Gasteiger partial charge in [-0.25, -0.2) is 0 Å². The molecule has 2 heterocycles. The summed E-state index contributed by atoms with van der Waals surface area (Å²) in [5.74, 6) is 0. The van der Waals surface area contributed by atoms with E-state index in [-0.39, 0.29) is 6.10 Å². The van der Waals surface area contributed by atoms with Crippen molar-refractivity contribution in [3.8, 4) is 0 Å². The summed E-state index contributed by atoms with van der Waals surface area (Å²) in [4.78, 5) is 5.74. The molecule has 3 nitrogen and oxygen atoms in total. The molecule has 1 aliphatic rings. The van der Waals surface area contributed by atoms with Crippen LogP contribution in [-0.2, 0) is 4.74 Å². The van der Waals surface area contributed by atoms with Gasteiger partial charge in [0.2, 0.25) is 0 Å². The van der Waals surface area contributed by atoms with Crippen LogP contribution in [0.1, 0.15) is 25.0 Å². The van der Waals surface area contributed by atoms with Gasteiger partial charge in [-0.05, 0) is 19.0 Å². The Bertz CT molecular complexity index is 564. The van der Waals surface area contributed by atoms with Crippen molar-refractivity contribution in [1.29, 1.82) is 0 Å². The molecular formula is C15H19ClN2O. The molecule has 1 atom stereocenters. The second-order valence-corrected chi connectivity index (χ2v) is 5.47. The van der Waals surface area contributed by atoms with Crippen molar-refractivity contribution in [3.05, 3.63) is 35.0 Å². The first-order valence-corrected chi connectivity index (χ1v) is 7.27. The molecule has 1 aromatic carbocycles. The molecule has 0 amide bonds. The van der Waals surface area contributed by atoms with Gasteiger partial charge in [-0.15, -0.1) is 0 Å². The number of ether oxygens (including phenoxy) is 1. The number of para-hydroxylation sites is 1. The first kappa shape index (κ1) is 13.0. The Morgan fingerprint density at radius 2 is 2.37 bits per heavy atom. The van der Waals surface area contributed by atoms with Crippen LogP contribution in [0.15, 0.2) is 24.4 Å². The topological polar surface area (TPSA) is 28.3 Å². The predicted molar refractivity (Wildman–Crippen MR) is 78.7 cm³/mol. The van der Waals surface area contributed by atoms with E-state index in [9.17, 15) is 0 Å². The Morgan fingerprint density at radius 3 is 3.21 bits per heavy atom. The van der Waals surface area contributed by atoms with Gasteiger partial charge in [0.15, 0.2) is 0 Å². The molecule has 0 spiro atoms. The summed E-state index contributed by atoms with van der Waals surface area (Å²) < 4.78 is 5.94. The normalized spacial score (nSPS) is 21.1. The number of morpholine rings is 1. The quantitative estimate of drug-likeness (QED) is 0.929. The first-order chi connectivity index (χ1) is 9.29. The number of aromatic amines is 1. The molecule has 1 aromatic heterocycles. The molecule has 3 rings (SSSR count). The Labute approximate surface area is 118 Å². The zero-order valence-electron chi connectivity index (χ0n) is 11.2. The van der Waals surface area contributed by atoms with Gasteiger partial charge in [0, 0.05) is 30.2 Å². The lowest BCUT2D eigenvalue weighted by atomic mass is 10.1. The zero-order chi connectivity index (χ0) is 13.2. The molecule has 0 aliphatic carbocycles. The monoisotopic (exact) mass is 278 g/mol. The van der Waals surface area contributed by atoms with Crippen LogP contribution in [0.5, 0.6) is 0 Å². The largest absolute Gasteiger partial charge is 0.371 e. The van der Waals surface area contributed by atoms with Crippen molar-refractivity contribution < 1.29 is 4.74 Å². The van der Waals surface area contributed by atoms with Gasteiger partial charge in [-0.3, -0.25) is 4.90 Å². The van der Waals surface area contributed by atoms with Gasteiger partial charge < -0.3 is 9.72 Å². The maximum Gasteiger partial charge on any atom is 0.0972 e. The predicted octanol–water partition coefficient (Wildman–Crippen LogP) is 3.60. The number of hydrogen-bond acceptors (Lipinski definition) is 2. The van der Waals surface area contributed by atoms with E-state index in [1.54, 1.807) is 0 Å². The van der Waals surface area contributed by atoms with Crippen LogP contribution in [0.2, 0.25) is 5.02 Å². The fraction of sp³-hybridized carbons (Fsp3) is 0.467. The summed E-state index contributed by atoms with van der Waals surface area (Å²) in [5.41, 5.74) is 2.23. The zero-order valence-corrected chi connectivity index (χ0v) is 11.9. The summed E-state index contributed by atoms with van der Waals surface area (Å²) in [6, 6.07) is 6.01. The van der Waals surface area contributed by atoms with Crippen molar-refractivity contribution >= 4 is 22.5 Å². The van der Waals surface area contributed by atoms with Crippen molar-refractivity contribution in [1.82, 2.24) is 9.88 Å². The number of hydrogen-bond donors (Lipinski definition) is 1. The van der Waals surface area contributed by atoms with Crippen LogP contribution in [-0.4, -0.2) is 36.1 Å². The van der Waals surface area contributed by atoms with Gasteiger partial charge in [-0.2, -0.15) is 0 Å². The van der Waals surface area contributed by atoms with Crippen LogP contribution in [0, 0.1) is 0 Å². The molecule has 4 heteroatoms. The number of nitrogens with one attached hydrogen (secondary N) is 1. The van der Waals surface area contributed by atoms with E-state index in [2.05, 4.69) is 22.9 Å². The number of rotatable bonds is 3. The summed E-state index contributed by atoms with van der Waals surface area (Å²) in [6.45, 7) is 6.16. The third-order valence-corrected chi connectivity index (χ3v) is 4.05. The summed E-state index contributed by atoms with van der Waals surface area (Å²) in [6.07, 6.45) is 3.37. The highest BCUT2D eigenvalue weighted by molar-refractivity contribution is 6.35. The fourth-order valence-corrected chi connectivity index (χ4v) is 3.04. The molecule has 1 fully saturated rings. The highest BCUT2D eigenvalue weighted by Gasteiger charge is 2.23. The van der Waals surface area contributed by atoms with E-state index in [0.717, 1.165) is 36.8 Å². The van der Waals surface area contributed by atoms with E-state index >= 15 is 0 Å². The molecule has 0 bridgehead atoms. The van der Waals surface area contributed by atoms with E-state index in [4.69, 9.17) is 16.3 Å². The number of aromatic nitrogens is 1. The third kappa shape index (κ3) is 2.50. The van der Waals surface area contributed by atoms with Crippen LogP contribution >= 0.6 is 11.6 Å². The average Bonchev–Trinajstić information content (AvgIpc) is 2.85. The Morgan fingerprint density at radius 1 is 1.47 bits per heavy atom. The van der Waals surface area contributed by atoms with Crippen molar-refractivity contribution in [2.75, 3.05) is 26.2 Å². The van der Waals surface area contributed by atoms with E-state index in [0.29, 0.717) is 0 Å². The highest BCUT2D eigenvalue weighted by atomic mass is 35.5. The number of fused-ring (bicyclic) bond motifs is 1. The van der Waals surface area contributed by atoms with Crippen LogP contribution in [0.4, 0.5) is 0 Å². The van der Waals surface area contributed by atoms with E-state index in [1.165, 1.54) is 17.4 Å². The SMILES string of the molecule is CCCN1CCOC(c2c[nH]c3c(Cl)cccc23)C1. The maximum absolute atomic E-state index is 6.21. The van der Waals surface area contributed by atoms with Crippen LogP contribution < -0.4 is 0 Å². The lowest BCUT2D eigenvalue weighted by Crippen LogP contribution is -2.38. The summed E-state index contributed by atoms with van der Waals surface area (Å²) in [5, 5.41) is 1.95. The van der Waals surface area contributed by atoms with Crippen molar-refractivity contribution in [3.63, 3.8) is 0 Å². The molecule has 0 saturated carbocycles. The minimum atomic E-state index is 0.146. The molecule has 19 heavy (non-hydrogen) atoms. The molecule has 1 aliphatic heterocycles. The standard InChI is InChI=1S/C15H19ClN2O/c1-2-6-18-7-8-19-14(10-18)12-9-17-15-11(12)4-3-5-13(15)16/h3-5,9,14,17H,2,6-8,10H2,1H3. The molecule has 1 unspecified atom stereocenters. The molecule has 102 valence electrons. The van der Waals surface area contributed by atoms with Gasteiger partial charge in [0.05, 0.1) is 23.3 Å². The molecule has 2 aromatic rings. The first-order valence-electron chi connectivity index (χ1n) is 6.89. The van der Waals surface area contributed by atoms with Gasteiger partial charge in [-0.1, -0.05) is 30.7 Å². The van der Waals surface area contributed by atoms with E-state index in [1.807, 2.05) is 18.3 Å². The smallest absolute Gasteiger partial charge is 0.0972 e. The second-order valence-electron chi connectivity index (χ2n) is 5.07. The highest BCUT2D eigenvalue weighted by Crippen LogP contribution is 2.32. The number of nitrogens with zero attached hydrogens (tertiary/aromatic N) is 1. The van der Waals surface area contributed by atoms with Gasteiger partial charge in [0.25, 0.3) is 0 Å². The van der Waals surface area contributed by atoms with Gasteiger partial charge >= 0.3 is 0 Å². The third-order valence-electron chi connectivity index (χ3n) is 3.73. The lowest BCUT2D eigenvalue weighted by molar-refractivity contribution is -0.0291. The van der Waals surface area contributed by atoms with Crippen LogP contribution in [0.3, 0.4) is 0 Å². The van der Waals surface area contributed by atoms with Crippen LogP contribution in [0.25, 0.3) is 10.9 Å². The minimum absolute atomic E-state index is 0.146. The minimum Gasteiger partial charge on any atom is -0.371 e. The Balaban J connectivity index is 1.89. The second kappa shape index (κ2) is 5.53. The number of H-pyrrole nitrogens is 1. The molecular weight excluding hydrogens is 260 g/mol. The van der Waals surface area contributed by atoms with Crippen molar-refractivity contribution in [2.24, 2.45) is 0 Å². The summed E-state index contributed by atoms with van der Waals surface area (Å²) in [7, 11) is 0. The Hall–Kier alpha value is -1.03. The average molecular weight is 279 g/mol. The fourth-order valence-electron chi connectivity index (χ4n) is 2.82. The van der Waals surface area contributed by atoms with Gasteiger partial charge in [0.1, 0.15) is 0 Å². The van der Waals surface area contributed by atoms with Crippen molar-refractivity contribution in [2.45, 2.75) is 19.4 Å². The number of benzene rings is 1.